The smallest absolute Gasteiger partial charge is 0.336 e. The standard InChI is InChI=1S/C20H15NO5/c1-11-19(15-10-14(24-2)5-7-17(15)25-11)20(23)21-13-4-6-16-12(9-13)3-8-18(22)26-16/h3-10H,1-2H3,(H,21,23). The summed E-state index contributed by atoms with van der Waals surface area (Å²) in [5.41, 5.74) is 1.72. The summed E-state index contributed by atoms with van der Waals surface area (Å²) >= 11 is 0. The van der Waals surface area contributed by atoms with Crippen LogP contribution in [0.25, 0.3) is 21.9 Å². The fourth-order valence-electron chi connectivity index (χ4n) is 2.95. The van der Waals surface area contributed by atoms with Crippen molar-refractivity contribution >= 4 is 33.5 Å². The summed E-state index contributed by atoms with van der Waals surface area (Å²) in [6.45, 7) is 1.75. The van der Waals surface area contributed by atoms with Gasteiger partial charge in [-0.25, -0.2) is 4.79 Å². The Hall–Kier alpha value is -3.54. The third-order valence-electron chi connectivity index (χ3n) is 4.18. The maximum absolute atomic E-state index is 12.8. The van der Waals surface area contributed by atoms with Gasteiger partial charge in [0.2, 0.25) is 0 Å². The number of hydrogen-bond donors (Lipinski definition) is 1. The van der Waals surface area contributed by atoms with E-state index in [9.17, 15) is 9.59 Å². The lowest BCUT2D eigenvalue weighted by atomic mass is 10.1. The molecule has 0 spiro atoms. The number of fused-ring (bicyclic) bond motifs is 2. The first-order chi connectivity index (χ1) is 12.5. The number of methoxy groups -OCH3 is 1. The summed E-state index contributed by atoms with van der Waals surface area (Å²) in [4.78, 5) is 24.1. The van der Waals surface area contributed by atoms with Gasteiger partial charge in [0.25, 0.3) is 5.91 Å². The Kier molecular flexibility index (Phi) is 3.73. The third-order valence-corrected chi connectivity index (χ3v) is 4.18. The number of benzene rings is 2. The average molecular weight is 349 g/mol. The summed E-state index contributed by atoms with van der Waals surface area (Å²) < 4.78 is 16.0. The second-order valence-corrected chi connectivity index (χ2v) is 5.86. The van der Waals surface area contributed by atoms with Gasteiger partial charge in [-0.1, -0.05) is 0 Å². The molecule has 0 atom stereocenters. The number of anilines is 1. The van der Waals surface area contributed by atoms with E-state index in [4.69, 9.17) is 13.6 Å². The fraction of sp³-hybridized carbons (Fsp3) is 0.100. The molecule has 0 aliphatic heterocycles. The zero-order valence-corrected chi connectivity index (χ0v) is 14.2. The second-order valence-electron chi connectivity index (χ2n) is 5.86. The molecule has 0 fully saturated rings. The highest BCUT2D eigenvalue weighted by atomic mass is 16.5. The molecule has 1 N–H and O–H groups in total. The van der Waals surface area contributed by atoms with Crippen LogP contribution in [-0.2, 0) is 0 Å². The predicted molar refractivity (Wildman–Crippen MR) is 97.9 cm³/mol. The Bertz CT molecular complexity index is 1200. The number of nitrogens with one attached hydrogen (secondary N) is 1. The van der Waals surface area contributed by atoms with Crippen LogP contribution in [0.3, 0.4) is 0 Å². The van der Waals surface area contributed by atoms with Crippen molar-refractivity contribution in [1.29, 1.82) is 0 Å². The van der Waals surface area contributed by atoms with Crippen LogP contribution in [0.4, 0.5) is 5.69 Å². The molecule has 26 heavy (non-hydrogen) atoms. The highest BCUT2D eigenvalue weighted by molar-refractivity contribution is 6.13. The van der Waals surface area contributed by atoms with Crippen molar-refractivity contribution in [2.24, 2.45) is 0 Å². The number of carbonyl (C=O) groups excluding carboxylic acids is 1. The van der Waals surface area contributed by atoms with Gasteiger partial charge in [0.1, 0.15) is 22.7 Å². The number of hydrogen-bond acceptors (Lipinski definition) is 5. The minimum atomic E-state index is -0.413. The Morgan fingerprint density at radius 2 is 1.81 bits per heavy atom. The van der Waals surface area contributed by atoms with Gasteiger partial charge >= 0.3 is 5.63 Å². The van der Waals surface area contributed by atoms with E-state index in [1.54, 1.807) is 56.5 Å². The third kappa shape index (κ3) is 2.71. The van der Waals surface area contributed by atoms with Crippen molar-refractivity contribution in [1.82, 2.24) is 0 Å². The quantitative estimate of drug-likeness (QED) is 0.563. The monoisotopic (exact) mass is 349 g/mol. The summed E-state index contributed by atoms with van der Waals surface area (Å²) in [7, 11) is 1.57. The molecule has 130 valence electrons. The van der Waals surface area contributed by atoms with Crippen LogP contribution in [0, 0.1) is 6.92 Å². The van der Waals surface area contributed by atoms with Gasteiger partial charge in [-0.05, 0) is 49.4 Å². The number of carbonyl (C=O) groups is 1. The van der Waals surface area contributed by atoms with Gasteiger partial charge in [-0.3, -0.25) is 4.79 Å². The number of furan rings is 1. The van der Waals surface area contributed by atoms with Crippen LogP contribution in [-0.4, -0.2) is 13.0 Å². The van der Waals surface area contributed by atoms with Crippen LogP contribution < -0.4 is 15.7 Å². The lowest BCUT2D eigenvalue weighted by Gasteiger charge is -2.06. The van der Waals surface area contributed by atoms with Crippen LogP contribution in [0.15, 0.2) is 62.2 Å². The normalized spacial score (nSPS) is 11.0. The van der Waals surface area contributed by atoms with Crippen LogP contribution in [0.5, 0.6) is 5.75 Å². The number of amides is 1. The maximum atomic E-state index is 12.8. The topological polar surface area (TPSA) is 81.7 Å². The maximum Gasteiger partial charge on any atom is 0.336 e. The summed E-state index contributed by atoms with van der Waals surface area (Å²) in [6.07, 6.45) is 0. The fourth-order valence-corrected chi connectivity index (χ4v) is 2.95. The molecule has 0 aliphatic carbocycles. The first kappa shape index (κ1) is 16.0. The molecular weight excluding hydrogens is 334 g/mol. The van der Waals surface area contributed by atoms with Crippen LogP contribution >= 0.6 is 0 Å². The lowest BCUT2D eigenvalue weighted by Crippen LogP contribution is -2.12. The van der Waals surface area contributed by atoms with Gasteiger partial charge in [0.15, 0.2) is 0 Å². The van der Waals surface area contributed by atoms with Gasteiger partial charge in [-0.15, -0.1) is 0 Å². The number of rotatable bonds is 3. The van der Waals surface area contributed by atoms with E-state index in [0.29, 0.717) is 39.3 Å². The van der Waals surface area contributed by atoms with E-state index in [2.05, 4.69) is 5.32 Å². The minimum absolute atomic E-state index is 0.286. The molecule has 6 nitrogen and oxygen atoms in total. The molecule has 0 aliphatic rings. The van der Waals surface area contributed by atoms with Crippen molar-refractivity contribution in [3.05, 3.63) is 70.3 Å². The molecule has 0 unspecified atom stereocenters. The van der Waals surface area contributed by atoms with Crippen molar-refractivity contribution in [3.8, 4) is 5.75 Å². The van der Waals surface area contributed by atoms with Crippen molar-refractivity contribution in [2.75, 3.05) is 12.4 Å². The number of aryl methyl sites for hydroxylation is 1. The predicted octanol–water partition coefficient (Wildman–Crippen LogP) is 4.11. The summed E-state index contributed by atoms with van der Waals surface area (Å²) in [5, 5.41) is 4.27. The summed E-state index contributed by atoms with van der Waals surface area (Å²) in [6, 6.07) is 13.4. The average Bonchev–Trinajstić information content (AvgIpc) is 2.96. The van der Waals surface area contributed by atoms with E-state index in [1.807, 2.05) is 0 Å². The van der Waals surface area contributed by atoms with Crippen molar-refractivity contribution in [2.45, 2.75) is 6.92 Å². The molecular formula is C20H15NO5. The highest BCUT2D eigenvalue weighted by Crippen LogP contribution is 2.30. The van der Waals surface area contributed by atoms with Gasteiger partial charge < -0.3 is 18.9 Å². The van der Waals surface area contributed by atoms with E-state index in [1.165, 1.54) is 6.07 Å². The van der Waals surface area contributed by atoms with Crippen LogP contribution in [0.2, 0.25) is 0 Å². The van der Waals surface area contributed by atoms with Crippen molar-refractivity contribution < 1.29 is 18.4 Å². The highest BCUT2D eigenvalue weighted by Gasteiger charge is 2.19. The Balaban J connectivity index is 1.72. The second kappa shape index (κ2) is 6.07. The van der Waals surface area contributed by atoms with Gasteiger partial charge in [-0.2, -0.15) is 0 Å². The molecule has 2 heterocycles. The van der Waals surface area contributed by atoms with Gasteiger partial charge in [0, 0.05) is 22.5 Å². The SMILES string of the molecule is COc1ccc2oc(C)c(C(=O)Nc3ccc4oc(=O)ccc4c3)c2c1. The first-order valence-electron chi connectivity index (χ1n) is 7.97. The first-order valence-corrected chi connectivity index (χ1v) is 7.97. The van der Waals surface area contributed by atoms with Crippen LogP contribution in [0.1, 0.15) is 16.1 Å². The Morgan fingerprint density at radius 3 is 2.62 bits per heavy atom. The molecule has 6 heteroatoms. The Labute approximate surface area is 148 Å². The van der Waals surface area contributed by atoms with E-state index >= 15 is 0 Å². The summed E-state index contributed by atoms with van der Waals surface area (Å²) in [5.74, 6) is 0.886. The van der Waals surface area contributed by atoms with Gasteiger partial charge in [0.05, 0.1) is 12.7 Å². The molecule has 4 rings (SSSR count). The molecule has 4 aromatic rings. The lowest BCUT2D eigenvalue weighted by molar-refractivity contribution is 0.102. The largest absolute Gasteiger partial charge is 0.497 e. The molecule has 0 saturated carbocycles. The molecule has 2 aromatic heterocycles. The minimum Gasteiger partial charge on any atom is -0.497 e. The zero-order chi connectivity index (χ0) is 18.3. The molecule has 0 saturated heterocycles. The van der Waals surface area contributed by atoms with E-state index in [-0.39, 0.29) is 5.91 Å². The van der Waals surface area contributed by atoms with Crippen molar-refractivity contribution in [3.63, 3.8) is 0 Å². The molecule has 0 radical (unpaired) electrons. The molecule has 2 aromatic carbocycles. The Morgan fingerprint density at radius 1 is 1.00 bits per heavy atom. The zero-order valence-electron chi connectivity index (χ0n) is 14.2. The van der Waals surface area contributed by atoms with E-state index in [0.717, 1.165) is 5.39 Å². The molecule has 1 amide bonds. The van der Waals surface area contributed by atoms with E-state index < -0.39 is 5.63 Å². The molecule has 0 bridgehead atoms. The number of ether oxygens (including phenoxy) is 1.